The number of anilines is 1. The van der Waals surface area contributed by atoms with Crippen molar-refractivity contribution in [3.8, 4) is 0 Å². The smallest absolute Gasteiger partial charge is 0.381 e. The first kappa shape index (κ1) is 27.7. The van der Waals surface area contributed by atoms with Gasteiger partial charge in [-0.25, -0.2) is 8.42 Å². The van der Waals surface area contributed by atoms with Crippen LogP contribution in [0.1, 0.15) is 16.7 Å². The molecule has 34 heavy (non-hydrogen) atoms. The fraction of sp³-hybridized carbons (Fsp3) is 0.350. The Kier molecular flexibility index (Phi) is 8.16. The molecule has 0 saturated heterocycles. The van der Waals surface area contributed by atoms with Crippen LogP contribution in [0.15, 0.2) is 42.5 Å². The average molecular weight is 533 g/mol. The number of carbonyl (C=O) groups excluding carboxylic acids is 1. The molecule has 0 saturated carbocycles. The highest BCUT2D eigenvalue weighted by Gasteiger charge is 2.55. The number of nitrogens with one attached hydrogen (secondary N) is 2. The summed E-state index contributed by atoms with van der Waals surface area (Å²) in [5, 5.41) is 15.0. The molecule has 2 aromatic rings. The summed E-state index contributed by atoms with van der Waals surface area (Å²) in [7, 11) is -3.54. The van der Waals surface area contributed by atoms with E-state index in [1.807, 2.05) is 0 Å². The van der Waals surface area contributed by atoms with Crippen LogP contribution in [0.3, 0.4) is 0 Å². The van der Waals surface area contributed by atoms with E-state index in [0.29, 0.717) is 11.6 Å². The van der Waals surface area contributed by atoms with Gasteiger partial charge >= 0.3 is 12.4 Å². The molecule has 1 amide bonds. The highest BCUT2D eigenvalue weighted by molar-refractivity contribution is 7.91. The summed E-state index contributed by atoms with van der Waals surface area (Å²) in [5.41, 5.74) is -5.68. The lowest BCUT2D eigenvalue weighted by Crippen LogP contribution is -2.48. The molecule has 0 aliphatic carbocycles. The zero-order valence-electron chi connectivity index (χ0n) is 17.4. The van der Waals surface area contributed by atoms with E-state index in [1.165, 1.54) is 18.2 Å². The zero-order chi connectivity index (χ0) is 25.9. The van der Waals surface area contributed by atoms with Crippen molar-refractivity contribution in [2.45, 2.75) is 24.5 Å². The average Bonchev–Trinajstić information content (AvgIpc) is 2.68. The van der Waals surface area contributed by atoms with Crippen molar-refractivity contribution in [3.05, 3.63) is 64.2 Å². The summed E-state index contributed by atoms with van der Waals surface area (Å²) in [6, 6.07) is 6.10. The molecule has 6 nitrogen and oxygen atoms in total. The van der Waals surface area contributed by atoms with Gasteiger partial charge in [0, 0.05) is 23.5 Å². The number of benzene rings is 2. The molecule has 0 spiro atoms. The third kappa shape index (κ3) is 7.24. The van der Waals surface area contributed by atoms with Crippen molar-refractivity contribution >= 4 is 33.0 Å². The first-order chi connectivity index (χ1) is 15.4. The Bertz CT molecular complexity index is 1150. The number of sulfone groups is 1. The molecule has 3 N–H and O–H groups in total. The molecule has 0 unspecified atom stereocenters. The minimum absolute atomic E-state index is 0.000673. The SMILES string of the molecule is CS(=O)(=O)CC(=O)NCc1ccc(NC[C@](O)(c2cccc(C(F)(F)F)c2)C(F)(F)F)cc1Cl. The largest absolute Gasteiger partial charge is 0.423 e. The third-order valence-electron chi connectivity index (χ3n) is 4.61. The fourth-order valence-corrected chi connectivity index (χ4v) is 3.66. The Morgan fingerprint density at radius 3 is 2.18 bits per heavy atom. The van der Waals surface area contributed by atoms with Gasteiger partial charge in [0.05, 0.1) is 12.1 Å². The fourth-order valence-electron chi connectivity index (χ4n) is 2.83. The molecule has 188 valence electrons. The molecule has 14 heteroatoms. The number of aliphatic hydroxyl groups is 1. The van der Waals surface area contributed by atoms with Gasteiger partial charge in [-0.3, -0.25) is 4.79 Å². The Labute approximate surface area is 195 Å². The molecular formula is C20H19ClF6N2O4S. The first-order valence-corrected chi connectivity index (χ1v) is 11.8. The molecule has 0 bridgehead atoms. The molecule has 0 aliphatic rings. The van der Waals surface area contributed by atoms with Gasteiger partial charge in [0.1, 0.15) is 5.75 Å². The second kappa shape index (κ2) is 10.0. The Hall–Kier alpha value is -2.51. The van der Waals surface area contributed by atoms with Crippen LogP contribution in [0, 0.1) is 0 Å². The van der Waals surface area contributed by atoms with Crippen LogP contribution < -0.4 is 10.6 Å². The van der Waals surface area contributed by atoms with Crippen LogP contribution in [0.4, 0.5) is 32.0 Å². The molecule has 0 radical (unpaired) electrons. The lowest BCUT2D eigenvalue weighted by molar-refractivity contribution is -0.260. The topological polar surface area (TPSA) is 95.5 Å². The van der Waals surface area contributed by atoms with Crippen molar-refractivity contribution in [2.24, 2.45) is 0 Å². The normalized spacial score (nSPS) is 14.4. The number of hydrogen-bond acceptors (Lipinski definition) is 5. The van der Waals surface area contributed by atoms with Gasteiger partial charge in [-0.05, 0) is 35.4 Å². The van der Waals surface area contributed by atoms with Gasteiger partial charge in [0.15, 0.2) is 9.84 Å². The van der Waals surface area contributed by atoms with Gasteiger partial charge < -0.3 is 15.7 Å². The molecule has 2 rings (SSSR count). The molecule has 2 aromatic carbocycles. The number of alkyl halides is 6. The highest BCUT2D eigenvalue weighted by Crippen LogP contribution is 2.41. The second-order valence-electron chi connectivity index (χ2n) is 7.44. The number of hydrogen-bond donors (Lipinski definition) is 3. The van der Waals surface area contributed by atoms with Gasteiger partial charge in [-0.15, -0.1) is 0 Å². The van der Waals surface area contributed by atoms with Crippen molar-refractivity contribution in [3.63, 3.8) is 0 Å². The molecule has 0 aliphatic heterocycles. The van der Waals surface area contributed by atoms with Crippen molar-refractivity contribution in [1.82, 2.24) is 5.32 Å². The van der Waals surface area contributed by atoms with Crippen molar-refractivity contribution in [1.29, 1.82) is 0 Å². The lowest BCUT2D eigenvalue weighted by atomic mass is 9.91. The Morgan fingerprint density at radius 1 is 1.03 bits per heavy atom. The van der Waals surface area contributed by atoms with E-state index in [4.69, 9.17) is 11.6 Å². The van der Waals surface area contributed by atoms with Crippen LogP contribution in [0.25, 0.3) is 0 Å². The minimum Gasteiger partial charge on any atom is -0.381 e. The van der Waals surface area contributed by atoms with Crippen molar-refractivity contribution < 1.29 is 44.7 Å². The molecule has 1 atom stereocenters. The van der Waals surface area contributed by atoms with Crippen LogP contribution >= 0.6 is 11.6 Å². The summed E-state index contributed by atoms with van der Waals surface area (Å²) >= 11 is 6.05. The van der Waals surface area contributed by atoms with E-state index in [9.17, 15) is 44.7 Å². The summed E-state index contributed by atoms with van der Waals surface area (Å²) in [5.74, 6) is -1.52. The molecular weight excluding hydrogens is 514 g/mol. The van der Waals surface area contributed by atoms with E-state index >= 15 is 0 Å². The van der Waals surface area contributed by atoms with Gasteiger partial charge in [-0.2, -0.15) is 26.3 Å². The van der Waals surface area contributed by atoms with E-state index in [1.54, 1.807) is 0 Å². The quantitative estimate of drug-likeness (QED) is 0.449. The Balaban J connectivity index is 2.19. The van der Waals surface area contributed by atoms with Crippen LogP contribution in [-0.4, -0.2) is 44.2 Å². The van der Waals surface area contributed by atoms with Crippen LogP contribution in [0.2, 0.25) is 5.02 Å². The van der Waals surface area contributed by atoms with Crippen LogP contribution in [0.5, 0.6) is 0 Å². The number of halogens is 7. The maximum Gasteiger partial charge on any atom is 0.423 e. The second-order valence-corrected chi connectivity index (χ2v) is 9.99. The van der Waals surface area contributed by atoms with Gasteiger partial charge in [0.2, 0.25) is 11.5 Å². The lowest BCUT2D eigenvalue weighted by Gasteiger charge is -2.32. The number of amides is 1. The van der Waals surface area contributed by atoms with E-state index in [2.05, 4.69) is 10.6 Å². The maximum atomic E-state index is 13.7. The van der Waals surface area contributed by atoms with Gasteiger partial charge in [-0.1, -0.05) is 29.8 Å². The molecule has 0 heterocycles. The minimum atomic E-state index is -5.32. The maximum absolute atomic E-state index is 13.7. The standard InChI is InChI=1S/C20H19ClF6N2O4S/c1-34(32,33)10-17(30)28-9-12-5-6-15(8-16(12)21)29-11-18(31,20(25,26)27)13-3-2-4-14(7-13)19(22,23)24/h2-8,29,31H,9-11H2,1H3,(H,28,30)/t18-/m0/s1. The zero-order valence-corrected chi connectivity index (χ0v) is 19.0. The summed E-state index contributed by atoms with van der Waals surface area (Å²) in [4.78, 5) is 11.6. The third-order valence-corrected chi connectivity index (χ3v) is 5.75. The van der Waals surface area contributed by atoms with Gasteiger partial charge in [0.25, 0.3) is 0 Å². The Morgan fingerprint density at radius 2 is 1.65 bits per heavy atom. The van der Waals surface area contributed by atoms with Crippen molar-refractivity contribution in [2.75, 3.05) is 23.9 Å². The summed E-state index contributed by atoms with van der Waals surface area (Å²) in [6.07, 6.45) is -9.35. The predicted molar refractivity (Wildman–Crippen MR) is 113 cm³/mol. The number of rotatable bonds is 8. The molecule has 0 aromatic heterocycles. The highest BCUT2D eigenvalue weighted by atomic mass is 35.5. The van der Waals surface area contributed by atoms with Crippen LogP contribution in [-0.2, 0) is 33.0 Å². The monoisotopic (exact) mass is 532 g/mol. The predicted octanol–water partition coefficient (Wildman–Crippen LogP) is 3.88. The van der Waals surface area contributed by atoms with E-state index < -0.39 is 57.1 Å². The first-order valence-electron chi connectivity index (χ1n) is 9.36. The van der Waals surface area contributed by atoms with E-state index in [0.717, 1.165) is 18.4 Å². The van der Waals surface area contributed by atoms with E-state index in [-0.39, 0.29) is 23.3 Å². The molecule has 0 fully saturated rings. The number of carbonyl (C=O) groups is 1. The summed E-state index contributed by atoms with van der Waals surface area (Å²) in [6.45, 7) is -1.39. The summed E-state index contributed by atoms with van der Waals surface area (Å²) < 4.78 is 102.